The Hall–Kier alpha value is -1.43. The number of carbonyl (C=O) groups excluding carboxylic acids is 1. The van der Waals surface area contributed by atoms with Crippen molar-refractivity contribution in [3.8, 4) is 0 Å². The van der Waals surface area contributed by atoms with E-state index < -0.39 is 24.7 Å². The third-order valence-electron chi connectivity index (χ3n) is 1.75. The van der Waals surface area contributed by atoms with Crippen LogP contribution in [0.15, 0.2) is 24.3 Å². The van der Waals surface area contributed by atoms with Gasteiger partial charge in [0.2, 0.25) is 0 Å². The van der Waals surface area contributed by atoms with Crippen molar-refractivity contribution >= 4 is 6.29 Å². The van der Waals surface area contributed by atoms with Crippen molar-refractivity contribution in [1.29, 1.82) is 0 Å². The molecule has 1 atom stereocenters. The Bertz CT molecular complexity index is 345. The molecule has 16 heavy (non-hydrogen) atoms. The molecule has 0 aromatic heterocycles. The molecular formula is C10H8F4O2. The fraction of sp³-hybridized carbons (Fsp3) is 0.300. The summed E-state index contributed by atoms with van der Waals surface area (Å²) >= 11 is 0. The van der Waals surface area contributed by atoms with Gasteiger partial charge in [0.1, 0.15) is 18.5 Å². The van der Waals surface area contributed by atoms with Crippen LogP contribution in [0.2, 0.25) is 0 Å². The fourth-order valence-corrected chi connectivity index (χ4v) is 1.05. The number of carbonyl (C=O) groups is 1. The minimum absolute atomic E-state index is 0.181. The first kappa shape index (κ1) is 12.6. The smallest absolute Gasteiger partial charge is 0.357 e. The van der Waals surface area contributed by atoms with Crippen LogP contribution >= 0.6 is 0 Å². The zero-order chi connectivity index (χ0) is 12.2. The maximum Gasteiger partial charge on any atom is 0.411 e. The van der Waals surface area contributed by atoms with Crippen molar-refractivity contribution in [2.75, 3.05) is 6.61 Å². The zero-order valence-electron chi connectivity index (χ0n) is 8.00. The van der Waals surface area contributed by atoms with Crippen LogP contribution in [0.5, 0.6) is 0 Å². The Morgan fingerprint density at radius 1 is 1.25 bits per heavy atom. The summed E-state index contributed by atoms with van der Waals surface area (Å²) in [4.78, 5) is 10.5. The number of benzene rings is 1. The average molecular weight is 236 g/mol. The van der Waals surface area contributed by atoms with E-state index in [1.165, 1.54) is 12.1 Å². The van der Waals surface area contributed by atoms with Crippen LogP contribution < -0.4 is 0 Å². The lowest BCUT2D eigenvalue weighted by atomic mass is 10.1. The van der Waals surface area contributed by atoms with Gasteiger partial charge in [-0.2, -0.15) is 13.2 Å². The van der Waals surface area contributed by atoms with E-state index in [1.54, 1.807) is 0 Å². The molecule has 0 unspecified atom stereocenters. The largest absolute Gasteiger partial charge is 0.411 e. The lowest BCUT2D eigenvalue weighted by Crippen LogP contribution is -2.20. The Morgan fingerprint density at radius 3 is 2.25 bits per heavy atom. The maximum atomic E-state index is 12.5. The Kier molecular flexibility index (Phi) is 4.00. The second-order valence-corrected chi connectivity index (χ2v) is 3.03. The first-order valence-electron chi connectivity index (χ1n) is 4.31. The van der Waals surface area contributed by atoms with Gasteiger partial charge in [0.15, 0.2) is 6.29 Å². The topological polar surface area (TPSA) is 26.3 Å². The van der Waals surface area contributed by atoms with E-state index >= 15 is 0 Å². The number of rotatable bonds is 4. The Balaban J connectivity index is 2.68. The summed E-state index contributed by atoms with van der Waals surface area (Å²) < 4.78 is 52.4. The number of alkyl halides is 3. The normalized spacial score (nSPS) is 13.5. The Morgan fingerprint density at radius 2 is 1.81 bits per heavy atom. The molecule has 0 aliphatic carbocycles. The van der Waals surface area contributed by atoms with Crippen molar-refractivity contribution in [1.82, 2.24) is 0 Å². The van der Waals surface area contributed by atoms with Gasteiger partial charge in [0, 0.05) is 0 Å². The highest BCUT2D eigenvalue weighted by Crippen LogP contribution is 2.21. The summed E-state index contributed by atoms with van der Waals surface area (Å²) in [6.07, 6.45) is -5.59. The molecule has 0 bridgehead atoms. The number of halogens is 4. The monoisotopic (exact) mass is 236 g/mol. The number of ether oxygens (including phenoxy) is 1. The molecule has 0 aliphatic rings. The third kappa shape index (κ3) is 3.98. The van der Waals surface area contributed by atoms with E-state index in [0.29, 0.717) is 0 Å². The van der Waals surface area contributed by atoms with Crippen molar-refractivity contribution in [3.63, 3.8) is 0 Å². The predicted molar refractivity (Wildman–Crippen MR) is 47.2 cm³/mol. The zero-order valence-corrected chi connectivity index (χ0v) is 8.00. The van der Waals surface area contributed by atoms with Crippen molar-refractivity contribution < 1.29 is 27.1 Å². The lowest BCUT2D eigenvalue weighted by molar-refractivity contribution is -0.185. The molecule has 0 amide bonds. The van der Waals surface area contributed by atoms with Crippen LogP contribution in [0.4, 0.5) is 17.6 Å². The van der Waals surface area contributed by atoms with E-state index in [-0.39, 0.29) is 11.8 Å². The van der Waals surface area contributed by atoms with Gasteiger partial charge in [-0.3, -0.25) is 0 Å². The molecule has 0 aliphatic heterocycles. The van der Waals surface area contributed by atoms with Crippen LogP contribution in [0.1, 0.15) is 11.7 Å². The molecular weight excluding hydrogens is 228 g/mol. The molecule has 0 spiro atoms. The first-order valence-corrected chi connectivity index (χ1v) is 4.31. The number of hydrogen-bond acceptors (Lipinski definition) is 2. The van der Waals surface area contributed by atoms with E-state index in [4.69, 9.17) is 0 Å². The summed E-state index contributed by atoms with van der Waals surface area (Å²) in [6, 6.07) is 4.49. The lowest BCUT2D eigenvalue weighted by Gasteiger charge is -2.13. The maximum absolute atomic E-state index is 12.5. The van der Waals surface area contributed by atoms with Crippen LogP contribution in [-0.4, -0.2) is 19.1 Å². The molecule has 0 radical (unpaired) electrons. The third-order valence-corrected chi connectivity index (χ3v) is 1.75. The van der Waals surface area contributed by atoms with Gasteiger partial charge in [-0.25, -0.2) is 4.39 Å². The van der Waals surface area contributed by atoms with Crippen molar-refractivity contribution in [3.05, 3.63) is 35.6 Å². The highest BCUT2D eigenvalue weighted by atomic mass is 19.4. The average Bonchev–Trinajstić information content (AvgIpc) is 2.20. The molecule has 1 aromatic rings. The quantitative estimate of drug-likeness (QED) is 0.593. The highest BCUT2D eigenvalue weighted by Gasteiger charge is 2.29. The summed E-state index contributed by atoms with van der Waals surface area (Å²) in [5.41, 5.74) is 0.181. The van der Waals surface area contributed by atoms with E-state index in [0.717, 1.165) is 12.1 Å². The van der Waals surface area contributed by atoms with Crippen LogP contribution in [-0.2, 0) is 9.53 Å². The van der Waals surface area contributed by atoms with Crippen LogP contribution in [0.25, 0.3) is 0 Å². The van der Waals surface area contributed by atoms with Gasteiger partial charge < -0.3 is 9.53 Å². The van der Waals surface area contributed by atoms with Crippen LogP contribution in [0.3, 0.4) is 0 Å². The molecule has 0 heterocycles. The van der Waals surface area contributed by atoms with Gasteiger partial charge in [0.25, 0.3) is 0 Å². The highest BCUT2D eigenvalue weighted by molar-refractivity contribution is 5.59. The molecule has 1 aromatic carbocycles. The minimum Gasteiger partial charge on any atom is -0.357 e. The molecule has 0 saturated carbocycles. The van der Waals surface area contributed by atoms with E-state index in [2.05, 4.69) is 4.74 Å². The van der Waals surface area contributed by atoms with Gasteiger partial charge >= 0.3 is 6.18 Å². The van der Waals surface area contributed by atoms with E-state index in [9.17, 15) is 22.4 Å². The van der Waals surface area contributed by atoms with Gasteiger partial charge in [-0.15, -0.1) is 0 Å². The number of aldehydes is 1. The SMILES string of the molecule is O=C[C@@H](OCC(F)(F)F)c1ccc(F)cc1. The van der Waals surface area contributed by atoms with Gasteiger partial charge in [-0.05, 0) is 17.7 Å². The van der Waals surface area contributed by atoms with Crippen LogP contribution in [0, 0.1) is 5.82 Å². The molecule has 2 nitrogen and oxygen atoms in total. The predicted octanol–water partition coefficient (Wildman–Crippen LogP) is 2.64. The van der Waals surface area contributed by atoms with E-state index in [1.807, 2.05) is 0 Å². The molecule has 0 N–H and O–H groups in total. The molecule has 1 rings (SSSR count). The minimum atomic E-state index is -4.50. The Labute approximate surface area is 88.8 Å². The molecule has 6 heteroatoms. The van der Waals surface area contributed by atoms with Gasteiger partial charge in [0.05, 0.1) is 0 Å². The first-order chi connectivity index (χ1) is 7.42. The summed E-state index contributed by atoms with van der Waals surface area (Å²) in [7, 11) is 0. The summed E-state index contributed by atoms with van der Waals surface area (Å²) in [5.74, 6) is -0.538. The summed E-state index contributed by atoms with van der Waals surface area (Å²) in [6.45, 7) is -1.52. The second kappa shape index (κ2) is 5.07. The summed E-state index contributed by atoms with van der Waals surface area (Å²) in [5, 5.41) is 0. The molecule has 0 saturated heterocycles. The van der Waals surface area contributed by atoms with Crippen molar-refractivity contribution in [2.45, 2.75) is 12.3 Å². The number of hydrogen-bond donors (Lipinski definition) is 0. The van der Waals surface area contributed by atoms with Crippen molar-refractivity contribution in [2.24, 2.45) is 0 Å². The van der Waals surface area contributed by atoms with Gasteiger partial charge in [-0.1, -0.05) is 12.1 Å². The second-order valence-electron chi connectivity index (χ2n) is 3.03. The molecule has 88 valence electrons. The fourth-order valence-electron chi connectivity index (χ4n) is 1.05. The molecule has 0 fully saturated rings. The standard InChI is InChI=1S/C10H8F4O2/c11-8-3-1-7(2-4-8)9(5-15)16-6-10(12,13)14/h1-5,9H,6H2/t9-/m1/s1.